The number of rotatable bonds is 8. The normalized spacial score (nSPS) is 12.6. The average Bonchev–Trinajstić information content (AvgIpc) is 3.31. The van der Waals surface area contributed by atoms with Crippen LogP contribution in [0.15, 0.2) is 41.7 Å². The molecule has 1 aromatic carbocycles. The van der Waals surface area contributed by atoms with Crippen molar-refractivity contribution in [2.24, 2.45) is 0 Å². The summed E-state index contributed by atoms with van der Waals surface area (Å²) >= 11 is 1.09. The second-order valence-electron chi connectivity index (χ2n) is 7.85. The molecule has 1 atom stereocenters. The van der Waals surface area contributed by atoms with E-state index in [0.717, 1.165) is 29.7 Å². The number of carbonyl (C=O) groups is 2. The molecule has 37 heavy (non-hydrogen) atoms. The number of hydrogen-bond acceptors (Lipinski definition) is 9. The summed E-state index contributed by atoms with van der Waals surface area (Å²) in [7, 11) is -2.31. The molecule has 2 aromatic heterocycles. The molecule has 0 radical (unpaired) electrons. The number of alkyl halides is 3. The fraction of sp³-hybridized carbons (Fsp3) is 0.318. The van der Waals surface area contributed by atoms with Gasteiger partial charge in [-0.2, -0.15) is 0 Å². The van der Waals surface area contributed by atoms with Crippen LogP contribution in [0.25, 0.3) is 10.7 Å². The first-order chi connectivity index (χ1) is 17.2. The van der Waals surface area contributed by atoms with Gasteiger partial charge in [0.25, 0.3) is 11.8 Å². The monoisotopic (exact) mass is 557 g/mol. The van der Waals surface area contributed by atoms with Gasteiger partial charge in [0.15, 0.2) is 9.84 Å². The standard InChI is InChI=1S/C22H22F3N5O5S2/c1-5-30(3)21(32)16-11-28-20(36-16)18-17(26-6-7-27-18)12(2)29-19(31)13-8-14(35-22(23,24)25)10-15(9-13)37(4,33)34/h6-12H,5H2,1-4H3,(H,29,31)/t12-/m0/s1. The van der Waals surface area contributed by atoms with Crippen molar-refractivity contribution in [1.82, 2.24) is 25.2 Å². The van der Waals surface area contributed by atoms with Gasteiger partial charge in [-0.05, 0) is 32.0 Å². The van der Waals surface area contributed by atoms with E-state index >= 15 is 0 Å². The van der Waals surface area contributed by atoms with Crippen molar-refractivity contribution in [1.29, 1.82) is 0 Å². The predicted molar refractivity (Wildman–Crippen MR) is 128 cm³/mol. The number of aromatic nitrogens is 3. The Kier molecular flexibility index (Phi) is 8.17. The molecule has 3 rings (SSSR count). The maximum absolute atomic E-state index is 12.9. The molecule has 10 nitrogen and oxygen atoms in total. The Bertz CT molecular complexity index is 1430. The summed E-state index contributed by atoms with van der Waals surface area (Å²) in [6.07, 6.45) is -0.0991. The second kappa shape index (κ2) is 10.8. The first-order valence-corrected chi connectivity index (χ1v) is 13.3. The lowest BCUT2D eigenvalue weighted by atomic mass is 10.1. The highest BCUT2D eigenvalue weighted by Gasteiger charge is 2.32. The Balaban J connectivity index is 1.91. The summed E-state index contributed by atoms with van der Waals surface area (Å²) in [6.45, 7) is 3.89. The van der Waals surface area contributed by atoms with Crippen molar-refractivity contribution in [3.05, 3.63) is 52.9 Å². The van der Waals surface area contributed by atoms with Gasteiger partial charge < -0.3 is 15.0 Å². The minimum absolute atomic E-state index is 0.222. The molecule has 0 aliphatic heterocycles. The summed E-state index contributed by atoms with van der Waals surface area (Å²) in [5.74, 6) is -1.95. The lowest BCUT2D eigenvalue weighted by Crippen LogP contribution is -2.28. The van der Waals surface area contributed by atoms with E-state index in [9.17, 15) is 31.2 Å². The van der Waals surface area contributed by atoms with Crippen LogP contribution in [0, 0.1) is 0 Å². The number of nitrogens with one attached hydrogen (secondary N) is 1. The van der Waals surface area contributed by atoms with Crippen LogP contribution >= 0.6 is 11.3 Å². The predicted octanol–water partition coefficient (Wildman–Crippen LogP) is 3.49. The van der Waals surface area contributed by atoms with Gasteiger partial charge in [0.2, 0.25) is 0 Å². The van der Waals surface area contributed by atoms with Crippen LogP contribution in [-0.4, -0.2) is 66.3 Å². The molecule has 0 aliphatic rings. The van der Waals surface area contributed by atoms with E-state index in [-0.39, 0.29) is 17.2 Å². The van der Waals surface area contributed by atoms with E-state index in [2.05, 4.69) is 25.0 Å². The van der Waals surface area contributed by atoms with Gasteiger partial charge in [-0.15, -0.1) is 24.5 Å². The zero-order chi connectivity index (χ0) is 27.5. The highest BCUT2D eigenvalue weighted by atomic mass is 32.2. The molecule has 0 fully saturated rings. The van der Waals surface area contributed by atoms with E-state index in [1.807, 2.05) is 6.92 Å². The van der Waals surface area contributed by atoms with Gasteiger partial charge in [-0.3, -0.25) is 19.6 Å². The Morgan fingerprint density at radius 2 is 1.84 bits per heavy atom. The molecule has 3 aromatic rings. The van der Waals surface area contributed by atoms with E-state index in [1.165, 1.54) is 23.5 Å². The highest BCUT2D eigenvalue weighted by molar-refractivity contribution is 7.90. The largest absolute Gasteiger partial charge is 0.573 e. The van der Waals surface area contributed by atoms with Crippen LogP contribution < -0.4 is 10.1 Å². The van der Waals surface area contributed by atoms with Gasteiger partial charge in [-0.1, -0.05) is 0 Å². The number of sulfone groups is 1. The second-order valence-corrected chi connectivity index (χ2v) is 10.9. The SMILES string of the molecule is CCN(C)C(=O)c1cnc(-c2nccnc2[C@H](C)NC(=O)c2cc(OC(F)(F)F)cc(S(C)(=O)=O)c2)s1. The fourth-order valence-electron chi connectivity index (χ4n) is 3.10. The number of nitrogens with zero attached hydrogens (tertiary/aromatic N) is 4. The van der Waals surface area contributed by atoms with Crippen molar-refractivity contribution in [3.8, 4) is 16.5 Å². The Morgan fingerprint density at radius 3 is 2.46 bits per heavy atom. The number of hydrogen-bond donors (Lipinski definition) is 1. The Morgan fingerprint density at radius 1 is 1.16 bits per heavy atom. The van der Waals surface area contributed by atoms with Crippen LogP contribution in [0.2, 0.25) is 0 Å². The number of carbonyl (C=O) groups excluding carboxylic acids is 2. The zero-order valence-corrected chi connectivity index (χ0v) is 21.7. The number of amides is 2. The van der Waals surface area contributed by atoms with Crippen LogP contribution in [0.5, 0.6) is 5.75 Å². The maximum atomic E-state index is 12.9. The number of halogens is 3. The number of thiazole rings is 1. The zero-order valence-electron chi connectivity index (χ0n) is 20.0. The molecule has 2 amide bonds. The highest BCUT2D eigenvalue weighted by Crippen LogP contribution is 2.30. The summed E-state index contributed by atoms with van der Waals surface area (Å²) in [4.78, 5) is 39.5. The quantitative estimate of drug-likeness (QED) is 0.445. The van der Waals surface area contributed by atoms with Gasteiger partial charge in [0.05, 0.1) is 22.8 Å². The van der Waals surface area contributed by atoms with Crippen molar-refractivity contribution in [2.45, 2.75) is 31.1 Å². The summed E-state index contributed by atoms with van der Waals surface area (Å²) in [6, 6.07) is 1.58. The first kappa shape index (κ1) is 28.0. The Labute approximate surface area is 214 Å². The lowest BCUT2D eigenvalue weighted by molar-refractivity contribution is -0.274. The van der Waals surface area contributed by atoms with Gasteiger partial charge in [-0.25, -0.2) is 13.4 Å². The maximum Gasteiger partial charge on any atom is 0.573 e. The molecule has 0 bridgehead atoms. The van der Waals surface area contributed by atoms with Gasteiger partial charge >= 0.3 is 6.36 Å². The van der Waals surface area contributed by atoms with E-state index in [1.54, 1.807) is 14.0 Å². The van der Waals surface area contributed by atoms with E-state index < -0.39 is 38.8 Å². The minimum Gasteiger partial charge on any atom is -0.406 e. The van der Waals surface area contributed by atoms with Gasteiger partial charge in [0.1, 0.15) is 21.3 Å². The third-order valence-electron chi connectivity index (χ3n) is 5.03. The van der Waals surface area contributed by atoms with Crippen LogP contribution in [0.1, 0.15) is 45.6 Å². The summed E-state index contributed by atoms with van der Waals surface area (Å²) in [5, 5.41) is 2.95. The molecule has 1 N–H and O–H groups in total. The minimum atomic E-state index is -5.09. The number of benzene rings is 1. The van der Waals surface area contributed by atoms with Crippen LogP contribution in [0.3, 0.4) is 0 Å². The van der Waals surface area contributed by atoms with Gasteiger partial charge in [0, 0.05) is 37.8 Å². The van der Waals surface area contributed by atoms with Crippen molar-refractivity contribution in [2.75, 3.05) is 19.8 Å². The molecular weight excluding hydrogens is 535 g/mol. The first-order valence-electron chi connectivity index (χ1n) is 10.6. The van der Waals surface area contributed by atoms with E-state index in [0.29, 0.717) is 28.2 Å². The van der Waals surface area contributed by atoms with Crippen LogP contribution in [-0.2, 0) is 9.84 Å². The molecule has 0 saturated carbocycles. The van der Waals surface area contributed by atoms with Crippen molar-refractivity contribution >= 4 is 33.0 Å². The van der Waals surface area contributed by atoms with Crippen molar-refractivity contribution < 1.29 is 35.9 Å². The molecule has 198 valence electrons. The van der Waals surface area contributed by atoms with E-state index in [4.69, 9.17) is 0 Å². The topological polar surface area (TPSA) is 131 Å². The van der Waals surface area contributed by atoms with Crippen LogP contribution in [0.4, 0.5) is 13.2 Å². The molecule has 0 spiro atoms. The summed E-state index contributed by atoms with van der Waals surface area (Å²) in [5.41, 5.74) is 0.202. The summed E-state index contributed by atoms with van der Waals surface area (Å²) < 4.78 is 66.0. The third-order valence-corrected chi connectivity index (χ3v) is 7.11. The molecule has 0 aliphatic carbocycles. The Hall–Kier alpha value is -3.59. The lowest BCUT2D eigenvalue weighted by Gasteiger charge is -2.17. The molecule has 0 saturated heterocycles. The fourth-order valence-corrected chi connectivity index (χ4v) is 4.69. The molecule has 2 heterocycles. The third kappa shape index (κ3) is 7.01. The molecule has 15 heteroatoms. The number of ether oxygens (including phenoxy) is 1. The average molecular weight is 558 g/mol. The van der Waals surface area contributed by atoms with Crippen molar-refractivity contribution in [3.63, 3.8) is 0 Å². The smallest absolute Gasteiger partial charge is 0.406 e. The molecule has 0 unspecified atom stereocenters. The molecular formula is C22H22F3N5O5S2.